The molecule has 88 valence electrons. The van der Waals surface area contributed by atoms with Crippen LogP contribution in [0, 0.1) is 0 Å². The summed E-state index contributed by atoms with van der Waals surface area (Å²) in [5, 5.41) is 0. The van der Waals surface area contributed by atoms with E-state index < -0.39 is 0 Å². The summed E-state index contributed by atoms with van der Waals surface area (Å²) in [6, 6.07) is 0. The van der Waals surface area contributed by atoms with Gasteiger partial charge in [0.05, 0.1) is 5.70 Å². The SMILES string of the molecule is CC1=CC(=O)C=C(N(CCCl)CCCl)C1=O. The topological polar surface area (TPSA) is 37.4 Å². The molecule has 0 spiro atoms. The minimum atomic E-state index is -0.166. The van der Waals surface area contributed by atoms with E-state index in [0.29, 0.717) is 36.1 Å². The Kier molecular flexibility index (Phi) is 5.03. The molecule has 16 heavy (non-hydrogen) atoms. The lowest BCUT2D eigenvalue weighted by molar-refractivity contribution is -0.116. The van der Waals surface area contributed by atoms with Crippen LogP contribution in [-0.4, -0.2) is 41.3 Å². The molecular formula is C11H13Cl2NO2. The molecule has 1 aliphatic rings. The van der Waals surface area contributed by atoms with E-state index in [2.05, 4.69) is 0 Å². The number of hydrogen-bond acceptors (Lipinski definition) is 3. The van der Waals surface area contributed by atoms with Crippen LogP contribution in [0.5, 0.6) is 0 Å². The summed E-state index contributed by atoms with van der Waals surface area (Å²) in [7, 11) is 0. The molecule has 0 radical (unpaired) electrons. The lowest BCUT2D eigenvalue weighted by Gasteiger charge is -2.26. The smallest absolute Gasteiger partial charge is 0.205 e. The molecule has 0 N–H and O–H groups in total. The molecule has 1 aliphatic carbocycles. The van der Waals surface area contributed by atoms with Crippen LogP contribution in [0.1, 0.15) is 6.92 Å². The predicted octanol–water partition coefficient (Wildman–Crippen LogP) is 1.75. The number of hydrogen-bond donors (Lipinski definition) is 0. The molecule has 0 aromatic carbocycles. The standard InChI is InChI=1S/C11H13Cl2NO2/c1-8-6-9(15)7-10(11(8)16)14(4-2-12)5-3-13/h6-7H,2-5H2,1H3. The highest BCUT2D eigenvalue weighted by Crippen LogP contribution is 2.16. The average Bonchev–Trinajstić information content (AvgIpc) is 2.23. The Bertz CT molecular complexity index is 355. The number of alkyl halides is 2. The Labute approximate surface area is 105 Å². The van der Waals surface area contributed by atoms with Gasteiger partial charge in [0.25, 0.3) is 0 Å². The molecule has 0 saturated carbocycles. The van der Waals surface area contributed by atoms with Gasteiger partial charge in [-0.1, -0.05) is 0 Å². The molecule has 0 unspecified atom stereocenters. The monoisotopic (exact) mass is 261 g/mol. The van der Waals surface area contributed by atoms with Gasteiger partial charge in [0.1, 0.15) is 0 Å². The number of allylic oxidation sites excluding steroid dienone is 3. The van der Waals surface area contributed by atoms with Crippen LogP contribution in [0.4, 0.5) is 0 Å². The molecule has 1 rings (SSSR count). The Morgan fingerprint density at radius 2 is 1.69 bits per heavy atom. The highest BCUT2D eigenvalue weighted by atomic mass is 35.5. The lowest BCUT2D eigenvalue weighted by atomic mass is 10.0. The first-order valence-electron chi connectivity index (χ1n) is 4.95. The quantitative estimate of drug-likeness (QED) is 0.559. The second kappa shape index (κ2) is 6.06. The van der Waals surface area contributed by atoms with Crippen molar-refractivity contribution < 1.29 is 9.59 Å². The van der Waals surface area contributed by atoms with Crippen LogP contribution >= 0.6 is 23.2 Å². The van der Waals surface area contributed by atoms with Crippen molar-refractivity contribution in [3.8, 4) is 0 Å². The maximum Gasteiger partial charge on any atom is 0.205 e. The van der Waals surface area contributed by atoms with Crippen molar-refractivity contribution >= 4 is 34.8 Å². The number of rotatable bonds is 5. The van der Waals surface area contributed by atoms with Crippen LogP contribution in [0.2, 0.25) is 0 Å². The van der Waals surface area contributed by atoms with Crippen molar-refractivity contribution in [1.29, 1.82) is 0 Å². The number of Topliss-reactive ketones (excluding diaryl/α,β-unsaturated/α-hetero) is 1. The molecule has 3 nitrogen and oxygen atoms in total. The first kappa shape index (κ1) is 13.3. The van der Waals surface area contributed by atoms with E-state index in [1.807, 2.05) is 0 Å². The van der Waals surface area contributed by atoms with Gasteiger partial charge < -0.3 is 4.90 Å². The van der Waals surface area contributed by atoms with Crippen molar-refractivity contribution in [1.82, 2.24) is 4.90 Å². The fraction of sp³-hybridized carbons (Fsp3) is 0.455. The van der Waals surface area contributed by atoms with Crippen molar-refractivity contribution in [3.05, 3.63) is 23.4 Å². The van der Waals surface area contributed by atoms with Crippen LogP contribution < -0.4 is 0 Å². The van der Waals surface area contributed by atoms with Crippen LogP contribution in [-0.2, 0) is 9.59 Å². The number of halogens is 2. The van der Waals surface area contributed by atoms with E-state index in [-0.39, 0.29) is 11.6 Å². The zero-order chi connectivity index (χ0) is 12.1. The molecule has 0 atom stereocenters. The first-order chi connectivity index (χ1) is 7.60. The molecule has 0 bridgehead atoms. The zero-order valence-electron chi connectivity index (χ0n) is 9.00. The van der Waals surface area contributed by atoms with Crippen molar-refractivity contribution in [3.63, 3.8) is 0 Å². The van der Waals surface area contributed by atoms with E-state index in [9.17, 15) is 9.59 Å². The number of nitrogens with zero attached hydrogens (tertiary/aromatic N) is 1. The Hall–Kier alpha value is -0.800. The van der Waals surface area contributed by atoms with Gasteiger partial charge in [0, 0.05) is 36.5 Å². The molecule has 5 heteroatoms. The largest absolute Gasteiger partial charge is 0.366 e. The number of carbonyl (C=O) groups is 2. The van der Waals surface area contributed by atoms with Crippen molar-refractivity contribution in [2.75, 3.05) is 24.8 Å². The van der Waals surface area contributed by atoms with Crippen LogP contribution in [0.15, 0.2) is 23.4 Å². The first-order valence-corrected chi connectivity index (χ1v) is 6.02. The van der Waals surface area contributed by atoms with Gasteiger partial charge >= 0.3 is 0 Å². The molecule has 0 saturated heterocycles. The molecular weight excluding hydrogens is 249 g/mol. The summed E-state index contributed by atoms with van der Waals surface area (Å²) in [5.74, 6) is 0.479. The summed E-state index contributed by atoms with van der Waals surface area (Å²) in [5.41, 5.74) is 0.850. The van der Waals surface area contributed by atoms with Crippen LogP contribution in [0.25, 0.3) is 0 Å². The van der Waals surface area contributed by atoms with Crippen molar-refractivity contribution in [2.24, 2.45) is 0 Å². The predicted molar refractivity (Wildman–Crippen MR) is 64.9 cm³/mol. The van der Waals surface area contributed by atoms with E-state index in [0.717, 1.165) is 0 Å². The fourth-order valence-electron chi connectivity index (χ4n) is 1.51. The van der Waals surface area contributed by atoms with Gasteiger partial charge in [0.15, 0.2) is 5.78 Å². The summed E-state index contributed by atoms with van der Waals surface area (Å²) in [6.45, 7) is 2.64. The lowest BCUT2D eigenvalue weighted by Crippen LogP contribution is -2.33. The second-order valence-corrected chi connectivity index (χ2v) is 4.21. The van der Waals surface area contributed by atoms with Crippen molar-refractivity contribution in [2.45, 2.75) is 6.92 Å². The highest BCUT2D eigenvalue weighted by molar-refractivity contribution is 6.20. The second-order valence-electron chi connectivity index (χ2n) is 3.45. The summed E-state index contributed by atoms with van der Waals surface area (Å²) in [6.07, 6.45) is 2.68. The third-order valence-corrected chi connectivity index (χ3v) is 2.62. The Morgan fingerprint density at radius 1 is 1.12 bits per heavy atom. The summed E-state index contributed by atoms with van der Waals surface area (Å²) >= 11 is 11.3. The maximum atomic E-state index is 11.8. The van der Waals surface area contributed by atoms with E-state index in [4.69, 9.17) is 23.2 Å². The van der Waals surface area contributed by atoms with E-state index >= 15 is 0 Å². The molecule has 0 amide bonds. The molecule has 0 aliphatic heterocycles. The fourth-order valence-corrected chi connectivity index (χ4v) is 1.92. The third kappa shape index (κ3) is 3.09. The minimum absolute atomic E-state index is 0.130. The summed E-state index contributed by atoms with van der Waals surface area (Å²) < 4.78 is 0. The van der Waals surface area contributed by atoms with Gasteiger partial charge in [-0.3, -0.25) is 9.59 Å². The number of carbonyl (C=O) groups excluding carboxylic acids is 2. The molecule has 0 heterocycles. The van der Waals surface area contributed by atoms with E-state index in [1.165, 1.54) is 12.2 Å². The molecule has 0 fully saturated rings. The van der Waals surface area contributed by atoms with Gasteiger partial charge in [-0.2, -0.15) is 0 Å². The Morgan fingerprint density at radius 3 is 2.19 bits per heavy atom. The third-order valence-electron chi connectivity index (χ3n) is 2.28. The minimum Gasteiger partial charge on any atom is -0.366 e. The maximum absolute atomic E-state index is 11.8. The van der Waals surface area contributed by atoms with E-state index in [1.54, 1.807) is 11.8 Å². The van der Waals surface area contributed by atoms with Gasteiger partial charge in [-0.25, -0.2) is 0 Å². The molecule has 0 aromatic rings. The van der Waals surface area contributed by atoms with Gasteiger partial charge in [-0.05, 0) is 13.0 Å². The average molecular weight is 262 g/mol. The number of ketones is 2. The van der Waals surface area contributed by atoms with Crippen LogP contribution in [0.3, 0.4) is 0 Å². The van der Waals surface area contributed by atoms with Gasteiger partial charge in [-0.15, -0.1) is 23.2 Å². The Balaban J connectivity index is 2.91. The zero-order valence-corrected chi connectivity index (χ0v) is 10.5. The van der Waals surface area contributed by atoms with Gasteiger partial charge in [0.2, 0.25) is 5.78 Å². The normalized spacial score (nSPS) is 15.9. The summed E-state index contributed by atoms with van der Waals surface area (Å²) in [4.78, 5) is 24.9. The highest BCUT2D eigenvalue weighted by Gasteiger charge is 2.23. The molecule has 0 aromatic heterocycles.